The number of carboxylic acids is 1. The summed E-state index contributed by atoms with van der Waals surface area (Å²) in [7, 11) is -3.53. The molecule has 2 rings (SSSR count). The molecule has 1 unspecified atom stereocenters. The van der Waals surface area contributed by atoms with Crippen LogP contribution in [0.1, 0.15) is 23.2 Å². The lowest BCUT2D eigenvalue weighted by Crippen LogP contribution is -2.25. The summed E-state index contributed by atoms with van der Waals surface area (Å²) in [6.07, 6.45) is 1.32. The topological polar surface area (TPSA) is 92.7 Å². The highest BCUT2D eigenvalue weighted by Crippen LogP contribution is 2.17. The van der Waals surface area contributed by atoms with E-state index in [0.29, 0.717) is 6.61 Å². The Hall–Kier alpha value is -1.60. The zero-order valence-corrected chi connectivity index (χ0v) is 11.0. The Morgan fingerprint density at radius 1 is 1.47 bits per heavy atom. The minimum absolute atomic E-state index is 0.0392. The Balaban J connectivity index is 2.06. The van der Waals surface area contributed by atoms with Gasteiger partial charge in [0.05, 0.1) is 17.4 Å². The van der Waals surface area contributed by atoms with Gasteiger partial charge in [-0.3, -0.25) is 4.72 Å². The number of rotatable bonds is 5. The van der Waals surface area contributed by atoms with Gasteiger partial charge >= 0.3 is 5.97 Å². The Morgan fingerprint density at radius 3 is 2.89 bits per heavy atom. The average molecular weight is 285 g/mol. The van der Waals surface area contributed by atoms with Gasteiger partial charge in [0, 0.05) is 12.3 Å². The predicted octanol–water partition coefficient (Wildman–Crippen LogP) is 1.31. The van der Waals surface area contributed by atoms with Gasteiger partial charge in [-0.05, 0) is 31.0 Å². The maximum absolute atomic E-state index is 11.9. The summed E-state index contributed by atoms with van der Waals surface area (Å²) in [6.45, 7) is 0.592. The summed E-state index contributed by atoms with van der Waals surface area (Å²) >= 11 is 0. The van der Waals surface area contributed by atoms with E-state index < -0.39 is 16.0 Å². The molecule has 7 heteroatoms. The summed E-state index contributed by atoms with van der Waals surface area (Å²) in [6, 6.07) is 5.70. The molecule has 104 valence electrons. The number of aromatic carboxylic acids is 1. The van der Waals surface area contributed by atoms with Crippen LogP contribution in [0.2, 0.25) is 0 Å². The van der Waals surface area contributed by atoms with Crippen molar-refractivity contribution in [3.63, 3.8) is 0 Å². The molecule has 0 radical (unpaired) electrons. The molecule has 0 aromatic heterocycles. The van der Waals surface area contributed by atoms with Gasteiger partial charge in [-0.25, -0.2) is 13.2 Å². The molecule has 1 atom stereocenters. The van der Waals surface area contributed by atoms with E-state index in [2.05, 4.69) is 4.72 Å². The molecule has 0 amide bonds. The second-order valence-electron chi connectivity index (χ2n) is 4.40. The number of anilines is 1. The third kappa shape index (κ3) is 3.93. The predicted molar refractivity (Wildman–Crippen MR) is 69.8 cm³/mol. The van der Waals surface area contributed by atoms with Crippen molar-refractivity contribution >= 4 is 21.7 Å². The molecule has 0 saturated carbocycles. The molecule has 1 aliphatic heterocycles. The van der Waals surface area contributed by atoms with E-state index >= 15 is 0 Å². The number of sulfonamides is 1. The van der Waals surface area contributed by atoms with Gasteiger partial charge < -0.3 is 9.84 Å². The Bertz CT molecular complexity index is 563. The van der Waals surface area contributed by atoms with E-state index in [1.807, 2.05) is 0 Å². The van der Waals surface area contributed by atoms with Gasteiger partial charge in [-0.15, -0.1) is 0 Å². The molecule has 1 fully saturated rings. The first kappa shape index (κ1) is 13.8. The lowest BCUT2D eigenvalue weighted by atomic mass is 10.2. The molecule has 1 aromatic carbocycles. The third-order valence-corrected chi connectivity index (χ3v) is 4.17. The van der Waals surface area contributed by atoms with Crippen molar-refractivity contribution in [2.24, 2.45) is 0 Å². The highest BCUT2D eigenvalue weighted by atomic mass is 32.2. The molecular formula is C12H15NO5S. The highest BCUT2D eigenvalue weighted by Gasteiger charge is 2.23. The summed E-state index contributed by atoms with van der Waals surface area (Å²) in [5, 5.41) is 8.84. The number of carboxylic acid groups (broad SMARTS) is 1. The van der Waals surface area contributed by atoms with Crippen LogP contribution in [0.4, 0.5) is 5.69 Å². The van der Waals surface area contributed by atoms with Crippen molar-refractivity contribution < 1.29 is 23.1 Å². The minimum atomic E-state index is -3.53. The largest absolute Gasteiger partial charge is 0.478 e. The fraction of sp³-hybridized carbons (Fsp3) is 0.417. The zero-order chi connectivity index (χ0) is 13.9. The van der Waals surface area contributed by atoms with Crippen LogP contribution in [0.3, 0.4) is 0 Å². The standard InChI is InChI=1S/C12H15NO5S/c14-12(15)9-3-1-4-10(7-9)13-19(16,17)8-11-5-2-6-18-11/h1,3-4,7,11,13H,2,5-6,8H2,(H,14,15). The summed E-state index contributed by atoms with van der Waals surface area (Å²) in [5.74, 6) is -1.20. The number of benzene rings is 1. The zero-order valence-electron chi connectivity index (χ0n) is 10.2. The molecule has 1 aliphatic rings. The van der Waals surface area contributed by atoms with Gasteiger partial charge in [0.25, 0.3) is 0 Å². The van der Waals surface area contributed by atoms with Crippen molar-refractivity contribution in [2.75, 3.05) is 17.1 Å². The van der Waals surface area contributed by atoms with Crippen molar-refractivity contribution in [1.82, 2.24) is 0 Å². The molecule has 6 nitrogen and oxygen atoms in total. The van der Waals surface area contributed by atoms with E-state index in [1.54, 1.807) is 0 Å². The fourth-order valence-electron chi connectivity index (χ4n) is 1.96. The van der Waals surface area contributed by atoms with Crippen molar-refractivity contribution in [3.05, 3.63) is 29.8 Å². The number of ether oxygens (including phenoxy) is 1. The molecular weight excluding hydrogens is 270 g/mol. The first-order chi connectivity index (χ1) is 8.96. The van der Waals surface area contributed by atoms with Gasteiger partial charge in [-0.1, -0.05) is 6.07 Å². The second kappa shape index (κ2) is 5.58. The number of hydrogen-bond donors (Lipinski definition) is 2. The normalized spacial score (nSPS) is 19.3. The highest BCUT2D eigenvalue weighted by molar-refractivity contribution is 7.92. The average Bonchev–Trinajstić information content (AvgIpc) is 2.80. The lowest BCUT2D eigenvalue weighted by Gasteiger charge is -2.12. The molecule has 1 aromatic rings. The first-order valence-corrected chi connectivity index (χ1v) is 7.57. The molecule has 2 N–H and O–H groups in total. The van der Waals surface area contributed by atoms with Crippen LogP contribution in [0.5, 0.6) is 0 Å². The van der Waals surface area contributed by atoms with Crippen LogP contribution in [0.15, 0.2) is 24.3 Å². The van der Waals surface area contributed by atoms with Crippen LogP contribution in [0, 0.1) is 0 Å². The van der Waals surface area contributed by atoms with Crippen molar-refractivity contribution in [1.29, 1.82) is 0 Å². The molecule has 19 heavy (non-hydrogen) atoms. The fourth-order valence-corrected chi connectivity index (χ4v) is 3.28. The SMILES string of the molecule is O=C(O)c1cccc(NS(=O)(=O)CC2CCCO2)c1. The third-order valence-electron chi connectivity index (χ3n) is 2.81. The van der Waals surface area contributed by atoms with Gasteiger partial charge in [-0.2, -0.15) is 0 Å². The summed E-state index contributed by atoms with van der Waals surface area (Å²) in [5.41, 5.74) is 0.287. The number of nitrogens with one attached hydrogen (secondary N) is 1. The van der Waals surface area contributed by atoms with E-state index in [0.717, 1.165) is 12.8 Å². The molecule has 1 saturated heterocycles. The lowest BCUT2D eigenvalue weighted by molar-refractivity contribution is 0.0697. The van der Waals surface area contributed by atoms with E-state index in [-0.39, 0.29) is 23.1 Å². The van der Waals surface area contributed by atoms with Gasteiger partial charge in [0.2, 0.25) is 10.0 Å². The maximum Gasteiger partial charge on any atom is 0.335 e. The van der Waals surface area contributed by atoms with Crippen molar-refractivity contribution in [3.8, 4) is 0 Å². The van der Waals surface area contributed by atoms with Crippen LogP contribution >= 0.6 is 0 Å². The Kier molecular flexibility index (Phi) is 4.06. The number of hydrogen-bond acceptors (Lipinski definition) is 4. The number of carbonyl (C=O) groups is 1. The summed E-state index contributed by atoms with van der Waals surface area (Å²) < 4.78 is 31.4. The van der Waals surface area contributed by atoms with Gasteiger partial charge in [0.15, 0.2) is 0 Å². The molecule has 0 bridgehead atoms. The minimum Gasteiger partial charge on any atom is -0.478 e. The van der Waals surface area contributed by atoms with Crippen LogP contribution in [0.25, 0.3) is 0 Å². The van der Waals surface area contributed by atoms with E-state index in [9.17, 15) is 13.2 Å². The van der Waals surface area contributed by atoms with Crippen LogP contribution in [-0.4, -0.2) is 38.0 Å². The Morgan fingerprint density at radius 2 is 2.26 bits per heavy atom. The Labute approximate surface area is 111 Å². The molecule has 1 heterocycles. The van der Waals surface area contributed by atoms with Gasteiger partial charge in [0.1, 0.15) is 0 Å². The maximum atomic E-state index is 11.9. The van der Waals surface area contributed by atoms with Crippen molar-refractivity contribution in [2.45, 2.75) is 18.9 Å². The monoisotopic (exact) mass is 285 g/mol. The quantitative estimate of drug-likeness (QED) is 0.850. The smallest absolute Gasteiger partial charge is 0.335 e. The summed E-state index contributed by atoms with van der Waals surface area (Å²) in [4.78, 5) is 10.8. The van der Waals surface area contributed by atoms with E-state index in [4.69, 9.17) is 9.84 Å². The second-order valence-corrected chi connectivity index (χ2v) is 6.17. The van der Waals surface area contributed by atoms with Crippen LogP contribution < -0.4 is 4.72 Å². The molecule has 0 spiro atoms. The first-order valence-electron chi connectivity index (χ1n) is 5.92. The van der Waals surface area contributed by atoms with E-state index in [1.165, 1.54) is 24.3 Å². The van der Waals surface area contributed by atoms with Crippen LogP contribution in [-0.2, 0) is 14.8 Å². The molecule has 0 aliphatic carbocycles.